The molecular weight excluding hydrogens is 262 g/mol. The van der Waals surface area contributed by atoms with Crippen molar-refractivity contribution >= 4 is 36.0 Å². The summed E-state index contributed by atoms with van der Waals surface area (Å²) in [7, 11) is 0. The van der Waals surface area contributed by atoms with Crippen molar-refractivity contribution in [2.75, 3.05) is 12.3 Å². The first-order valence-corrected chi connectivity index (χ1v) is 5.91. The highest BCUT2D eigenvalue weighted by atomic mass is 35.5. The normalized spacial score (nSPS) is 12.1. The first-order valence-electron chi connectivity index (χ1n) is 4.90. The lowest BCUT2D eigenvalue weighted by Crippen LogP contribution is -2.41. The maximum atomic E-state index is 11.7. The number of ketones is 1. The van der Waals surface area contributed by atoms with Gasteiger partial charge in [-0.15, -0.1) is 0 Å². The third-order valence-electron chi connectivity index (χ3n) is 2.16. The SMILES string of the molecule is O=C(CNC(CS)C(=O)O)c1ccc(Cl)cc1. The smallest absolute Gasteiger partial charge is 0.321 e. The third kappa shape index (κ3) is 4.38. The van der Waals surface area contributed by atoms with Gasteiger partial charge in [-0.3, -0.25) is 14.9 Å². The number of benzene rings is 1. The molecule has 0 saturated carbocycles. The fraction of sp³-hybridized carbons (Fsp3) is 0.273. The van der Waals surface area contributed by atoms with Crippen LogP contribution < -0.4 is 5.32 Å². The van der Waals surface area contributed by atoms with E-state index in [-0.39, 0.29) is 18.1 Å². The second kappa shape index (κ2) is 6.64. The van der Waals surface area contributed by atoms with Crippen molar-refractivity contribution in [2.45, 2.75) is 6.04 Å². The number of hydrogen-bond donors (Lipinski definition) is 3. The molecule has 0 amide bonds. The lowest BCUT2D eigenvalue weighted by Gasteiger charge is -2.10. The average Bonchev–Trinajstić information content (AvgIpc) is 2.30. The molecule has 0 aliphatic rings. The van der Waals surface area contributed by atoms with Crippen LogP contribution in [0.25, 0.3) is 0 Å². The number of halogens is 1. The van der Waals surface area contributed by atoms with Crippen LogP contribution in [0.5, 0.6) is 0 Å². The molecule has 0 aliphatic heterocycles. The molecule has 0 aromatic heterocycles. The minimum atomic E-state index is -1.02. The van der Waals surface area contributed by atoms with Gasteiger partial charge in [0.1, 0.15) is 6.04 Å². The van der Waals surface area contributed by atoms with Gasteiger partial charge < -0.3 is 5.11 Å². The quantitative estimate of drug-likeness (QED) is 0.543. The standard InChI is InChI=1S/C11H12ClNO3S/c12-8-3-1-7(2-4-8)10(14)5-13-9(6-17)11(15)16/h1-4,9,13,17H,5-6H2,(H,15,16). The number of carboxylic acid groups (broad SMARTS) is 1. The minimum absolute atomic E-state index is 0.0425. The number of aliphatic carboxylic acids is 1. The number of carboxylic acids is 1. The summed E-state index contributed by atoms with van der Waals surface area (Å²) >= 11 is 9.58. The Balaban J connectivity index is 2.55. The molecule has 0 aliphatic carbocycles. The molecular formula is C11H12ClNO3S. The van der Waals surface area contributed by atoms with Crippen LogP contribution in [-0.4, -0.2) is 35.2 Å². The number of Topliss-reactive ketones (excluding diaryl/α,β-unsaturated/α-hetero) is 1. The van der Waals surface area contributed by atoms with Crippen LogP contribution in [0.3, 0.4) is 0 Å². The minimum Gasteiger partial charge on any atom is -0.480 e. The Morgan fingerprint density at radius 1 is 1.35 bits per heavy atom. The Bertz CT molecular complexity index is 408. The summed E-state index contributed by atoms with van der Waals surface area (Å²) < 4.78 is 0. The zero-order valence-corrected chi connectivity index (χ0v) is 10.5. The monoisotopic (exact) mass is 273 g/mol. The summed E-state index contributed by atoms with van der Waals surface area (Å²) in [6, 6.07) is 5.60. The van der Waals surface area contributed by atoms with Crippen molar-refractivity contribution in [1.29, 1.82) is 0 Å². The van der Waals surface area contributed by atoms with Crippen LogP contribution in [0.15, 0.2) is 24.3 Å². The summed E-state index contributed by atoms with van der Waals surface area (Å²) in [5.41, 5.74) is 0.491. The van der Waals surface area contributed by atoms with Crippen molar-refractivity contribution < 1.29 is 14.7 Å². The maximum absolute atomic E-state index is 11.7. The van der Waals surface area contributed by atoms with E-state index in [1.165, 1.54) is 0 Å². The summed E-state index contributed by atoms with van der Waals surface area (Å²) in [5.74, 6) is -1.08. The van der Waals surface area contributed by atoms with Gasteiger partial charge in [0.2, 0.25) is 0 Å². The molecule has 0 heterocycles. The highest BCUT2D eigenvalue weighted by Gasteiger charge is 2.16. The predicted molar refractivity (Wildman–Crippen MR) is 69.1 cm³/mol. The lowest BCUT2D eigenvalue weighted by atomic mass is 10.1. The summed E-state index contributed by atoms with van der Waals surface area (Å²) in [6.07, 6.45) is 0. The van der Waals surface area contributed by atoms with Crippen LogP contribution >= 0.6 is 24.2 Å². The van der Waals surface area contributed by atoms with Gasteiger partial charge in [0, 0.05) is 16.3 Å². The molecule has 1 atom stereocenters. The molecule has 0 saturated heterocycles. The fourth-order valence-corrected chi connectivity index (χ4v) is 1.59. The number of carbonyl (C=O) groups is 2. The molecule has 0 fully saturated rings. The van der Waals surface area contributed by atoms with E-state index >= 15 is 0 Å². The molecule has 0 bridgehead atoms. The van der Waals surface area contributed by atoms with E-state index in [0.29, 0.717) is 10.6 Å². The number of nitrogens with one attached hydrogen (secondary N) is 1. The largest absolute Gasteiger partial charge is 0.480 e. The van der Waals surface area contributed by atoms with E-state index in [1.54, 1.807) is 24.3 Å². The molecule has 2 N–H and O–H groups in total. The molecule has 1 unspecified atom stereocenters. The van der Waals surface area contributed by atoms with Crippen molar-refractivity contribution in [3.8, 4) is 0 Å². The van der Waals surface area contributed by atoms with Gasteiger partial charge in [0.25, 0.3) is 0 Å². The van der Waals surface area contributed by atoms with E-state index < -0.39 is 12.0 Å². The van der Waals surface area contributed by atoms with E-state index in [4.69, 9.17) is 16.7 Å². The van der Waals surface area contributed by atoms with Gasteiger partial charge in [-0.25, -0.2) is 0 Å². The summed E-state index contributed by atoms with van der Waals surface area (Å²) in [4.78, 5) is 22.4. The molecule has 1 aromatic rings. The zero-order chi connectivity index (χ0) is 12.8. The van der Waals surface area contributed by atoms with Crippen molar-refractivity contribution in [3.05, 3.63) is 34.9 Å². The molecule has 1 rings (SSSR count). The van der Waals surface area contributed by atoms with Crippen molar-refractivity contribution in [3.63, 3.8) is 0 Å². The van der Waals surface area contributed by atoms with Crippen LogP contribution in [-0.2, 0) is 4.79 Å². The molecule has 0 radical (unpaired) electrons. The number of thiol groups is 1. The Kier molecular flexibility index (Phi) is 5.47. The molecule has 0 spiro atoms. The predicted octanol–water partition coefficient (Wildman–Crippen LogP) is 1.50. The van der Waals surface area contributed by atoms with E-state index in [0.717, 1.165) is 0 Å². The van der Waals surface area contributed by atoms with Crippen LogP contribution in [0, 0.1) is 0 Å². The molecule has 17 heavy (non-hydrogen) atoms. The second-order valence-corrected chi connectivity index (χ2v) is 4.19. The van der Waals surface area contributed by atoms with Crippen LogP contribution in [0.4, 0.5) is 0 Å². The molecule has 92 valence electrons. The van der Waals surface area contributed by atoms with E-state index in [9.17, 15) is 9.59 Å². The highest BCUT2D eigenvalue weighted by molar-refractivity contribution is 7.80. The van der Waals surface area contributed by atoms with Gasteiger partial charge >= 0.3 is 5.97 Å². The second-order valence-electron chi connectivity index (χ2n) is 3.38. The van der Waals surface area contributed by atoms with E-state index in [2.05, 4.69) is 17.9 Å². The lowest BCUT2D eigenvalue weighted by molar-refractivity contribution is -0.138. The average molecular weight is 274 g/mol. The van der Waals surface area contributed by atoms with Gasteiger partial charge in [0.05, 0.1) is 6.54 Å². The van der Waals surface area contributed by atoms with Gasteiger partial charge in [-0.05, 0) is 24.3 Å². The summed E-state index contributed by atoms with van der Waals surface area (Å²) in [6.45, 7) is -0.0425. The van der Waals surface area contributed by atoms with Crippen LogP contribution in [0.2, 0.25) is 5.02 Å². The number of rotatable bonds is 6. The Morgan fingerprint density at radius 2 is 1.94 bits per heavy atom. The van der Waals surface area contributed by atoms with Gasteiger partial charge in [0.15, 0.2) is 5.78 Å². The fourth-order valence-electron chi connectivity index (χ4n) is 1.18. The van der Waals surface area contributed by atoms with Crippen molar-refractivity contribution in [2.24, 2.45) is 0 Å². The molecule has 4 nitrogen and oxygen atoms in total. The van der Waals surface area contributed by atoms with Gasteiger partial charge in [-0.2, -0.15) is 12.6 Å². The summed E-state index contributed by atoms with van der Waals surface area (Å²) in [5, 5.41) is 11.9. The van der Waals surface area contributed by atoms with Crippen molar-refractivity contribution in [1.82, 2.24) is 5.32 Å². The maximum Gasteiger partial charge on any atom is 0.321 e. The first kappa shape index (κ1) is 14.0. The van der Waals surface area contributed by atoms with Crippen LogP contribution in [0.1, 0.15) is 10.4 Å². The number of carbonyl (C=O) groups excluding carboxylic acids is 1. The van der Waals surface area contributed by atoms with Gasteiger partial charge in [-0.1, -0.05) is 11.6 Å². The molecule has 1 aromatic carbocycles. The topological polar surface area (TPSA) is 66.4 Å². The molecule has 6 heteroatoms. The first-order chi connectivity index (χ1) is 8.04. The Morgan fingerprint density at radius 3 is 2.41 bits per heavy atom. The zero-order valence-electron chi connectivity index (χ0n) is 8.89. The Labute approximate surface area is 109 Å². The highest BCUT2D eigenvalue weighted by Crippen LogP contribution is 2.09. The Hall–Kier alpha value is -1.04. The number of hydrogen-bond acceptors (Lipinski definition) is 4. The van der Waals surface area contributed by atoms with E-state index in [1.807, 2.05) is 0 Å². The third-order valence-corrected chi connectivity index (χ3v) is 2.77.